The SMILES string of the molecule is Cc1nnc(Br)n1-c1cnc2ccccc2n1. The lowest BCUT2D eigenvalue weighted by Gasteiger charge is -2.04. The molecule has 84 valence electrons. The average Bonchev–Trinajstić information content (AvgIpc) is 2.68. The lowest BCUT2D eigenvalue weighted by molar-refractivity contribution is 0.915. The van der Waals surface area contributed by atoms with E-state index in [4.69, 9.17) is 0 Å². The van der Waals surface area contributed by atoms with Crippen molar-refractivity contribution in [3.8, 4) is 5.82 Å². The lowest BCUT2D eigenvalue weighted by atomic mass is 10.3. The largest absolute Gasteiger partial charge is 0.256 e. The van der Waals surface area contributed by atoms with Crippen LogP contribution in [0.15, 0.2) is 35.2 Å². The first-order chi connectivity index (χ1) is 8.25. The molecule has 0 saturated carbocycles. The van der Waals surface area contributed by atoms with Gasteiger partial charge < -0.3 is 0 Å². The number of benzene rings is 1. The second kappa shape index (κ2) is 3.89. The molecule has 6 heteroatoms. The zero-order chi connectivity index (χ0) is 11.8. The van der Waals surface area contributed by atoms with Crippen LogP contribution in [0.25, 0.3) is 16.9 Å². The Hall–Kier alpha value is -1.82. The molecule has 0 aliphatic carbocycles. The van der Waals surface area contributed by atoms with Gasteiger partial charge >= 0.3 is 0 Å². The summed E-state index contributed by atoms with van der Waals surface area (Å²) < 4.78 is 2.43. The summed E-state index contributed by atoms with van der Waals surface area (Å²) in [5, 5.41) is 7.91. The maximum Gasteiger partial charge on any atom is 0.205 e. The number of hydrogen-bond acceptors (Lipinski definition) is 4. The van der Waals surface area contributed by atoms with Gasteiger partial charge in [-0.3, -0.25) is 9.55 Å². The van der Waals surface area contributed by atoms with E-state index >= 15 is 0 Å². The molecule has 3 rings (SSSR count). The summed E-state index contributed by atoms with van der Waals surface area (Å²) in [4.78, 5) is 8.89. The Morgan fingerprint density at radius 3 is 2.59 bits per heavy atom. The van der Waals surface area contributed by atoms with E-state index in [0.717, 1.165) is 16.9 Å². The zero-order valence-electron chi connectivity index (χ0n) is 9.00. The highest BCUT2D eigenvalue weighted by molar-refractivity contribution is 9.10. The molecular weight excluding hydrogens is 282 g/mol. The van der Waals surface area contributed by atoms with E-state index in [1.165, 1.54) is 0 Å². The number of rotatable bonds is 1. The van der Waals surface area contributed by atoms with E-state index < -0.39 is 0 Å². The van der Waals surface area contributed by atoms with Crippen LogP contribution in [-0.4, -0.2) is 24.7 Å². The fourth-order valence-corrected chi connectivity index (χ4v) is 2.17. The average molecular weight is 290 g/mol. The van der Waals surface area contributed by atoms with Crippen LogP contribution in [0.1, 0.15) is 5.82 Å². The molecule has 1 aromatic carbocycles. The van der Waals surface area contributed by atoms with Crippen LogP contribution in [0.2, 0.25) is 0 Å². The molecule has 3 aromatic rings. The molecule has 0 bridgehead atoms. The van der Waals surface area contributed by atoms with Crippen molar-refractivity contribution in [2.75, 3.05) is 0 Å². The van der Waals surface area contributed by atoms with Crippen LogP contribution < -0.4 is 0 Å². The van der Waals surface area contributed by atoms with Gasteiger partial charge in [0.05, 0.1) is 17.2 Å². The fourth-order valence-electron chi connectivity index (χ4n) is 1.65. The molecule has 0 atom stereocenters. The first-order valence-corrected chi connectivity index (χ1v) is 5.85. The van der Waals surface area contributed by atoms with Gasteiger partial charge in [-0.15, -0.1) is 10.2 Å². The molecule has 0 spiro atoms. The van der Waals surface area contributed by atoms with Crippen LogP contribution in [0.4, 0.5) is 0 Å². The number of hydrogen-bond donors (Lipinski definition) is 0. The third-order valence-corrected chi connectivity index (χ3v) is 2.96. The molecule has 0 amide bonds. The van der Waals surface area contributed by atoms with Crippen molar-refractivity contribution < 1.29 is 0 Å². The Bertz CT molecular complexity index is 672. The van der Waals surface area contributed by atoms with Gasteiger partial charge in [0.15, 0.2) is 5.82 Å². The third-order valence-electron chi connectivity index (χ3n) is 2.45. The molecule has 2 heterocycles. The van der Waals surface area contributed by atoms with Gasteiger partial charge in [-0.25, -0.2) is 4.98 Å². The second-order valence-corrected chi connectivity index (χ2v) is 4.28. The topological polar surface area (TPSA) is 56.5 Å². The van der Waals surface area contributed by atoms with E-state index in [-0.39, 0.29) is 0 Å². The van der Waals surface area contributed by atoms with Crippen molar-refractivity contribution >= 4 is 27.0 Å². The molecule has 0 radical (unpaired) electrons. The van der Waals surface area contributed by atoms with Crippen molar-refractivity contribution in [2.24, 2.45) is 0 Å². The smallest absolute Gasteiger partial charge is 0.205 e. The first kappa shape index (κ1) is 10.3. The highest BCUT2D eigenvalue weighted by Crippen LogP contribution is 2.17. The minimum Gasteiger partial charge on any atom is -0.256 e. The summed E-state index contributed by atoms with van der Waals surface area (Å²) in [5.41, 5.74) is 1.73. The molecule has 17 heavy (non-hydrogen) atoms. The van der Waals surface area contributed by atoms with Gasteiger partial charge in [0.1, 0.15) is 5.82 Å². The molecule has 0 aliphatic heterocycles. The standard InChI is InChI=1S/C11H8BrN5/c1-7-15-16-11(12)17(7)10-6-13-8-4-2-3-5-9(8)14-10/h2-6H,1H3. The quantitative estimate of drug-likeness (QED) is 0.690. The molecule has 0 N–H and O–H groups in total. The summed E-state index contributed by atoms with van der Waals surface area (Å²) in [6, 6.07) is 7.74. The summed E-state index contributed by atoms with van der Waals surface area (Å²) in [7, 11) is 0. The first-order valence-electron chi connectivity index (χ1n) is 5.05. The monoisotopic (exact) mass is 289 g/mol. The summed E-state index contributed by atoms with van der Waals surface area (Å²) >= 11 is 3.34. The van der Waals surface area contributed by atoms with Gasteiger partial charge in [0.25, 0.3) is 0 Å². The summed E-state index contributed by atoms with van der Waals surface area (Å²) in [5.74, 6) is 1.47. The van der Waals surface area contributed by atoms with Crippen molar-refractivity contribution in [1.82, 2.24) is 24.7 Å². The minimum absolute atomic E-state index is 0.625. The Morgan fingerprint density at radius 2 is 1.88 bits per heavy atom. The highest BCUT2D eigenvalue weighted by Gasteiger charge is 2.10. The predicted octanol–water partition coefficient (Wildman–Crippen LogP) is 2.28. The summed E-state index contributed by atoms with van der Waals surface area (Å²) in [6.45, 7) is 1.87. The van der Waals surface area contributed by atoms with Gasteiger partial charge in [0.2, 0.25) is 4.73 Å². The molecule has 0 fully saturated rings. The fraction of sp³-hybridized carbons (Fsp3) is 0.0909. The maximum absolute atomic E-state index is 4.53. The maximum atomic E-state index is 4.53. The van der Waals surface area contributed by atoms with Crippen LogP contribution >= 0.6 is 15.9 Å². The molecule has 0 aliphatic rings. The molecular formula is C11H8BrN5. The number of para-hydroxylation sites is 2. The van der Waals surface area contributed by atoms with Gasteiger partial charge in [-0.1, -0.05) is 12.1 Å². The third kappa shape index (κ3) is 1.70. The molecule has 5 nitrogen and oxygen atoms in total. The van der Waals surface area contributed by atoms with E-state index in [9.17, 15) is 0 Å². The highest BCUT2D eigenvalue weighted by atomic mass is 79.9. The van der Waals surface area contributed by atoms with E-state index in [1.54, 1.807) is 10.8 Å². The van der Waals surface area contributed by atoms with E-state index in [2.05, 4.69) is 36.1 Å². The molecule has 0 unspecified atom stereocenters. The van der Waals surface area contributed by atoms with Crippen LogP contribution in [0, 0.1) is 6.92 Å². The predicted molar refractivity (Wildman–Crippen MR) is 66.9 cm³/mol. The van der Waals surface area contributed by atoms with Crippen molar-refractivity contribution in [3.63, 3.8) is 0 Å². The van der Waals surface area contributed by atoms with Crippen molar-refractivity contribution in [2.45, 2.75) is 6.92 Å². The van der Waals surface area contributed by atoms with Crippen LogP contribution in [-0.2, 0) is 0 Å². The Labute approximate surface area is 106 Å². The van der Waals surface area contributed by atoms with Gasteiger partial charge in [-0.05, 0) is 35.0 Å². The van der Waals surface area contributed by atoms with Gasteiger partial charge in [-0.2, -0.15) is 0 Å². The van der Waals surface area contributed by atoms with Crippen molar-refractivity contribution in [1.29, 1.82) is 0 Å². The number of halogens is 1. The number of nitrogens with zero attached hydrogens (tertiary/aromatic N) is 5. The van der Waals surface area contributed by atoms with Crippen molar-refractivity contribution in [3.05, 3.63) is 41.0 Å². The number of aromatic nitrogens is 5. The molecule has 2 aromatic heterocycles. The number of fused-ring (bicyclic) bond motifs is 1. The van der Waals surface area contributed by atoms with Crippen LogP contribution in [0.5, 0.6) is 0 Å². The van der Waals surface area contributed by atoms with E-state index in [0.29, 0.717) is 10.6 Å². The summed E-state index contributed by atoms with van der Waals surface area (Å²) in [6.07, 6.45) is 1.71. The number of aryl methyl sites for hydroxylation is 1. The second-order valence-electron chi connectivity index (χ2n) is 3.57. The Kier molecular flexibility index (Phi) is 2.36. The normalized spacial score (nSPS) is 10.9. The Morgan fingerprint density at radius 1 is 1.12 bits per heavy atom. The van der Waals surface area contributed by atoms with Gasteiger partial charge in [0, 0.05) is 0 Å². The van der Waals surface area contributed by atoms with Crippen LogP contribution in [0.3, 0.4) is 0 Å². The van der Waals surface area contributed by atoms with E-state index in [1.807, 2.05) is 31.2 Å². The lowest BCUT2D eigenvalue weighted by Crippen LogP contribution is -2.01. The molecule has 0 saturated heterocycles. The minimum atomic E-state index is 0.625. The Balaban J connectivity index is 2.25. The zero-order valence-corrected chi connectivity index (χ0v) is 10.6.